The number of hydrogen-bond acceptors (Lipinski definition) is 2. The minimum Gasteiger partial charge on any atom is -0.494 e. The molecule has 0 saturated heterocycles. The van der Waals surface area contributed by atoms with Gasteiger partial charge in [0.05, 0.1) is 6.61 Å². The van der Waals surface area contributed by atoms with Crippen molar-refractivity contribution in [2.75, 3.05) is 13.7 Å². The zero-order valence-corrected chi connectivity index (χ0v) is 14.6. The van der Waals surface area contributed by atoms with Gasteiger partial charge in [-0.25, -0.2) is 0 Å². The number of rotatable bonds is 6. The zero-order valence-electron chi connectivity index (χ0n) is 14.6. The Labute approximate surface area is 148 Å². The molecule has 1 aromatic heterocycles. The van der Waals surface area contributed by atoms with Crippen molar-refractivity contribution in [2.24, 2.45) is 0 Å². The molecule has 0 saturated carbocycles. The third kappa shape index (κ3) is 4.10. The third-order valence-corrected chi connectivity index (χ3v) is 4.02. The quantitative estimate of drug-likeness (QED) is 0.679. The molecule has 0 aliphatic heterocycles. The van der Waals surface area contributed by atoms with E-state index in [1.807, 2.05) is 91.6 Å². The van der Waals surface area contributed by atoms with E-state index >= 15 is 0 Å². The highest BCUT2D eigenvalue weighted by molar-refractivity contribution is 5.94. The lowest BCUT2D eigenvalue weighted by atomic mass is 10.1. The van der Waals surface area contributed by atoms with Crippen molar-refractivity contribution in [2.45, 2.75) is 13.5 Å². The van der Waals surface area contributed by atoms with Gasteiger partial charge in [-0.05, 0) is 61.0 Å². The number of nitrogens with zero attached hydrogens (tertiary/aromatic N) is 2. The maximum absolute atomic E-state index is 12.6. The highest BCUT2D eigenvalue weighted by Crippen LogP contribution is 2.15. The molecule has 0 N–H and O–H groups in total. The lowest BCUT2D eigenvalue weighted by molar-refractivity contribution is 0.0785. The molecular weight excluding hydrogens is 312 g/mol. The summed E-state index contributed by atoms with van der Waals surface area (Å²) in [4.78, 5) is 14.3. The van der Waals surface area contributed by atoms with E-state index in [4.69, 9.17) is 4.74 Å². The van der Waals surface area contributed by atoms with Crippen LogP contribution in [-0.2, 0) is 6.54 Å². The summed E-state index contributed by atoms with van der Waals surface area (Å²) in [5.74, 6) is 0.855. The summed E-state index contributed by atoms with van der Waals surface area (Å²) in [7, 11) is 1.82. The first kappa shape index (κ1) is 16.8. The molecule has 0 unspecified atom stereocenters. The molecule has 3 aromatic rings. The fourth-order valence-electron chi connectivity index (χ4n) is 2.71. The van der Waals surface area contributed by atoms with Crippen LogP contribution in [0.2, 0.25) is 0 Å². The van der Waals surface area contributed by atoms with Crippen LogP contribution in [0.1, 0.15) is 22.8 Å². The van der Waals surface area contributed by atoms with Gasteiger partial charge in [0.1, 0.15) is 5.75 Å². The first-order chi connectivity index (χ1) is 12.2. The van der Waals surface area contributed by atoms with Gasteiger partial charge in [-0.3, -0.25) is 4.79 Å². The summed E-state index contributed by atoms with van der Waals surface area (Å²) in [5.41, 5.74) is 2.79. The number of carbonyl (C=O) groups is 1. The number of aromatic nitrogens is 1. The van der Waals surface area contributed by atoms with Crippen LogP contribution in [0.25, 0.3) is 5.69 Å². The Hall–Kier alpha value is -3.01. The Balaban J connectivity index is 1.65. The largest absolute Gasteiger partial charge is 0.494 e. The van der Waals surface area contributed by atoms with Crippen LogP contribution in [0.3, 0.4) is 0 Å². The molecule has 128 valence electrons. The van der Waals surface area contributed by atoms with Gasteiger partial charge < -0.3 is 14.2 Å². The topological polar surface area (TPSA) is 34.5 Å². The predicted molar refractivity (Wildman–Crippen MR) is 99.2 cm³/mol. The molecule has 2 aromatic carbocycles. The van der Waals surface area contributed by atoms with Crippen LogP contribution in [0, 0.1) is 0 Å². The average molecular weight is 334 g/mol. The van der Waals surface area contributed by atoms with E-state index in [9.17, 15) is 4.79 Å². The number of ether oxygens (including phenoxy) is 1. The molecule has 0 radical (unpaired) electrons. The first-order valence-corrected chi connectivity index (χ1v) is 8.38. The van der Waals surface area contributed by atoms with Gasteiger partial charge in [-0.15, -0.1) is 0 Å². The second-order valence-electron chi connectivity index (χ2n) is 5.88. The van der Waals surface area contributed by atoms with Gasteiger partial charge in [0.25, 0.3) is 5.91 Å². The van der Waals surface area contributed by atoms with E-state index in [0.717, 1.165) is 17.0 Å². The molecule has 25 heavy (non-hydrogen) atoms. The minimum atomic E-state index is 0.00735. The minimum absolute atomic E-state index is 0.00735. The van der Waals surface area contributed by atoms with Gasteiger partial charge in [-0.2, -0.15) is 0 Å². The van der Waals surface area contributed by atoms with Crippen molar-refractivity contribution in [1.29, 1.82) is 0 Å². The molecule has 0 aliphatic carbocycles. The summed E-state index contributed by atoms with van der Waals surface area (Å²) in [6.45, 7) is 3.17. The summed E-state index contributed by atoms with van der Waals surface area (Å²) in [6.07, 6.45) is 3.96. The van der Waals surface area contributed by atoms with E-state index in [1.54, 1.807) is 4.90 Å². The third-order valence-electron chi connectivity index (χ3n) is 4.02. The standard InChI is InChI=1S/C21H22N2O2/c1-3-25-20-12-6-17(7-13-20)16-22(2)21(24)18-8-10-19(11-9-18)23-14-4-5-15-23/h4-15H,3,16H2,1-2H3. The first-order valence-electron chi connectivity index (χ1n) is 8.38. The Morgan fingerprint density at radius 3 is 2.24 bits per heavy atom. The Morgan fingerprint density at radius 2 is 1.64 bits per heavy atom. The zero-order chi connectivity index (χ0) is 17.6. The predicted octanol–water partition coefficient (Wildman–Crippen LogP) is 4.15. The number of hydrogen-bond donors (Lipinski definition) is 0. The Kier molecular flexibility index (Phi) is 5.19. The van der Waals surface area contributed by atoms with Gasteiger partial charge in [-0.1, -0.05) is 12.1 Å². The van der Waals surface area contributed by atoms with Crippen molar-refractivity contribution >= 4 is 5.91 Å². The highest BCUT2D eigenvalue weighted by Gasteiger charge is 2.12. The van der Waals surface area contributed by atoms with Crippen molar-refractivity contribution in [3.8, 4) is 11.4 Å². The van der Waals surface area contributed by atoms with Crippen LogP contribution in [0.4, 0.5) is 0 Å². The lowest BCUT2D eigenvalue weighted by Crippen LogP contribution is -2.26. The molecule has 1 amide bonds. The molecule has 4 heteroatoms. The molecule has 4 nitrogen and oxygen atoms in total. The number of benzene rings is 2. The number of carbonyl (C=O) groups excluding carboxylic acids is 1. The molecule has 0 aliphatic rings. The average Bonchev–Trinajstić information content (AvgIpc) is 3.18. The molecule has 0 fully saturated rings. The molecule has 1 heterocycles. The van der Waals surface area contributed by atoms with Crippen LogP contribution in [0.5, 0.6) is 5.75 Å². The smallest absolute Gasteiger partial charge is 0.253 e. The van der Waals surface area contributed by atoms with Crippen molar-refractivity contribution in [3.63, 3.8) is 0 Å². The summed E-state index contributed by atoms with van der Waals surface area (Å²) in [6, 6.07) is 19.4. The molecular formula is C21H22N2O2. The van der Waals surface area contributed by atoms with Gasteiger partial charge >= 0.3 is 0 Å². The maximum Gasteiger partial charge on any atom is 0.253 e. The van der Waals surface area contributed by atoms with E-state index in [0.29, 0.717) is 18.7 Å². The normalized spacial score (nSPS) is 10.5. The highest BCUT2D eigenvalue weighted by atomic mass is 16.5. The van der Waals surface area contributed by atoms with Crippen LogP contribution in [-0.4, -0.2) is 29.0 Å². The second-order valence-corrected chi connectivity index (χ2v) is 5.88. The molecule has 0 bridgehead atoms. The van der Waals surface area contributed by atoms with Crippen LogP contribution < -0.4 is 4.74 Å². The monoisotopic (exact) mass is 334 g/mol. The van der Waals surface area contributed by atoms with Crippen molar-refractivity contribution in [3.05, 3.63) is 84.2 Å². The molecule has 0 atom stereocenters. The summed E-state index contributed by atoms with van der Waals surface area (Å²) >= 11 is 0. The Morgan fingerprint density at radius 1 is 1.00 bits per heavy atom. The summed E-state index contributed by atoms with van der Waals surface area (Å²) < 4.78 is 7.45. The van der Waals surface area contributed by atoms with E-state index in [1.165, 1.54) is 0 Å². The summed E-state index contributed by atoms with van der Waals surface area (Å²) in [5, 5.41) is 0. The van der Waals surface area contributed by atoms with Crippen molar-refractivity contribution < 1.29 is 9.53 Å². The van der Waals surface area contributed by atoms with E-state index in [-0.39, 0.29) is 5.91 Å². The van der Waals surface area contributed by atoms with Crippen molar-refractivity contribution in [1.82, 2.24) is 9.47 Å². The second kappa shape index (κ2) is 7.71. The van der Waals surface area contributed by atoms with E-state index in [2.05, 4.69) is 0 Å². The Bertz CT molecular complexity index is 806. The fourth-order valence-corrected chi connectivity index (χ4v) is 2.71. The van der Waals surface area contributed by atoms with Crippen LogP contribution in [0.15, 0.2) is 73.1 Å². The van der Waals surface area contributed by atoms with Gasteiger partial charge in [0.2, 0.25) is 0 Å². The fraction of sp³-hybridized carbons (Fsp3) is 0.190. The maximum atomic E-state index is 12.6. The van der Waals surface area contributed by atoms with Gasteiger partial charge in [0, 0.05) is 37.2 Å². The number of amides is 1. The van der Waals surface area contributed by atoms with Crippen LogP contribution >= 0.6 is 0 Å². The lowest BCUT2D eigenvalue weighted by Gasteiger charge is -2.18. The molecule has 0 spiro atoms. The van der Waals surface area contributed by atoms with E-state index < -0.39 is 0 Å². The molecule has 3 rings (SSSR count). The van der Waals surface area contributed by atoms with Gasteiger partial charge in [0.15, 0.2) is 0 Å². The SMILES string of the molecule is CCOc1ccc(CN(C)C(=O)c2ccc(-n3cccc3)cc2)cc1.